The maximum absolute atomic E-state index is 13.2. The predicted molar refractivity (Wildman–Crippen MR) is 117 cm³/mol. The molecular formula is C23H18N2O6S. The Morgan fingerprint density at radius 1 is 1.28 bits per heavy atom. The lowest BCUT2D eigenvalue weighted by Gasteiger charge is -2.21. The molecule has 0 fully saturated rings. The van der Waals surface area contributed by atoms with E-state index in [2.05, 4.69) is 4.98 Å². The molecule has 0 aliphatic carbocycles. The first-order valence-electron chi connectivity index (χ1n) is 9.92. The molecule has 0 spiro atoms. The average Bonchev–Trinajstić information content (AvgIpc) is 3.55. The molecule has 1 aliphatic rings. The number of anilines is 1. The molecule has 1 aliphatic heterocycles. The molecule has 1 aromatic carbocycles. The number of fused-ring (bicyclic) bond motifs is 1. The number of aromatic nitrogens is 1. The maximum Gasteiger partial charge on any atom is 0.296 e. The van der Waals surface area contributed by atoms with Crippen LogP contribution >= 0.6 is 11.3 Å². The Labute approximate surface area is 186 Å². The molecule has 3 aromatic heterocycles. The summed E-state index contributed by atoms with van der Waals surface area (Å²) in [6, 6.07) is 10.9. The summed E-state index contributed by atoms with van der Waals surface area (Å²) in [6.07, 6.45) is 1.36. The van der Waals surface area contributed by atoms with Crippen LogP contribution in [0, 0.1) is 6.92 Å². The van der Waals surface area contributed by atoms with E-state index in [1.165, 1.54) is 28.6 Å². The normalized spacial score (nSPS) is 16.4. The lowest BCUT2D eigenvalue weighted by Crippen LogP contribution is -2.30. The van der Waals surface area contributed by atoms with E-state index in [1.54, 1.807) is 37.3 Å². The Balaban J connectivity index is 1.64. The third-order valence-corrected chi connectivity index (χ3v) is 6.11. The van der Waals surface area contributed by atoms with Crippen molar-refractivity contribution in [3.8, 4) is 5.75 Å². The summed E-state index contributed by atoms with van der Waals surface area (Å²) in [5, 5.41) is 11.1. The first-order chi connectivity index (χ1) is 15.5. The fourth-order valence-electron chi connectivity index (χ4n) is 3.70. The lowest BCUT2D eigenvalue weighted by atomic mass is 10.00. The van der Waals surface area contributed by atoms with Gasteiger partial charge in [0.25, 0.3) is 5.91 Å². The molecule has 8 nitrogen and oxygen atoms in total. The van der Waals surface area contributed by atoms with Gasteiger partial charge < -0.3 is 18.7 Å². The number of carbonyl (C=O) groups is 2. The minimum Gasteiger partial charge on any atom is -0.503 e. The van der Waals surface area contributed by atoms with Gasteiger partial charge in [0.1, 0.15) is 23.3 Å². The van der Waals surface area contributed by atoms with Crippen LogP contribution in [0.25, 0.3) is 10.2 Å². The zero-order valence-electron chi connectivity index (χ0n) is 17.2. The Kier molecular flexibility index (Phi) is 4.82. The van der Waals surface area contributed by atoms with Crippen LogP contribution in [0.1, 0.15) is 35.0 Å². The molecule has 5 rings (SSSR count). The second kappa shape index (κ2) is 7.69. The SMILES string of the molecule is CCOc1ccc2nc(N3C(=O)C(O)=C(C(=O)c4ccco4)C3c3ccc(C)o3)sc2c1. The first kappa shape index (κ1) is 20.1. The van der Waals surface area contributed by atoms with Crippen LogP contribution in [0.4, 0.5) is 5.13 Å². The number of rotatable bonds is 6. The average molecular weight is 450 g/mol. The van der Waals surface area contributed by atoms with Gasteiger partial charge >= 0.3 is 0 Å². The molecule has 1 unspecified atom stereocenters. The molecule has 1 atom stereocenters. The highest BCUT2D eigenvalue weighted by Gasteiger charge is 2.48. The number of ketones is 1. The molecule has 1 N–H and O–H groups in total. The number of hydrogen-bond acceptors (Lipinski definition) is 8. The summed E-state index contributed by atoms with van der Waals surface area (Å²) < 4.78 is 17.4. The summed E-state index contributed by atoms with van der Waals surface area (Å²) in [6.45, 7) is 4.18. The van der Waals surface area contributed by atoms with Gasteiger partial charge in [-0.1, -0.05) is 11.3 Å². The van der Waals surface area contributed by atoms with E-state index in [9.17, 15) is 14.7 Å². The molecule has 9 heteroatoms. The quantitative estimate of drug-likeness (QED) is 0.413. The number of benzene rings is 1. The van der Waals surface area contributed by atoms with Crippen molar-refractivity contribution in [2.45, 2.75) is 19.9 Å². The van der Waals surface area contributed by atoms with E-state index in [0.29, 0.717) is 34.5 Å². The van der Waals surface area contributed by atoms with Crippen molar-refractivity contribution in [1.29, 1.82) is 0 Å². The molecule has 0 saturated carbocycles. The minimum absolute atomic E-state index is 0.0140. The van der Waals surface area contributed by atoms with Gasteiger partial charge in [0.05, 0.1) is 28.7 Å². The summed E-state index contributed by atoms with van der Waals surface area (Å²) in [7, 11) is 0. The van der Waals surface area contributed by atoms with Gasteiger partial charge in [-0.25, -0.2) is 4.98 Å². The van der Waals surface area contributed by atoms with E-state index in [-0.39, 0.29) is 11.3 Å². The number of carbonyl (C=O) groups excluding carboxylic acids is 2. The molecule has 0 radical (unpaired) electrons. The summed E-state index contributed by atoms with van der Waals surface area (Å²) in [5.41, 5.74) is 0.550. The number of furan rings is 2. The molecule has 4 aromatic rings. The second-order valence-electron chi connectivity index (χ2n) is 7.15. The van der Waals surface area contributed by atoms with Crippen molar-refractivity contribution in [1.82, 2.24) is 4.98 Å². The van der Waals surface area contributed by atoms with Crippen molar-refractivity contribution in [3.63, 3.8) is 0 Å². The predicted octanol–water partition coefficient (Wildman–Crippen LogP) is 4.97. The fourth-order valence-corrected chi connectivity index (χ4v) is 4.72. The summed E-state index contributed by atoms with van der Waals surface area (Å²) >= 11 is 1.26. The van der Waals surface area contributed by atoms with Crippen LogP contribution in [0.3, 0.4) is 0 Å². The second-order valence-corrected chi connectivity index (χ2v) is 8.16. The van der Waals surface area contributed by atoms with Crippen LogP contribution in [0.5, 0.6) is 5.75 Å². The number of aliphatic hydroxyl groups is 1. The largest absolute Gasteiger partial charge is 0.503 e. The Hall–Kier alpha value is -3.85. The number of nitrogens with zero attached hydrogens (tertiary/aromatic N) is 2. The van der Waals surface area contributed by atoms with E-state index in [0.717, 1.165) is 4.70 Å². The number of thiazole rings is 1. The highest BCUT2D eigenvalue weighted by atomic mass is 32.1. The minimum atomic E-state index is -0.985. The first-order valence-corrected chi connectivity index (χ1v) is 10.7. The number of hydrogen-bond donors (Lipinski definition) is 1. The van der Waals surface area contributed by atoms with E-state index in [1.807, 2.05) is 13.0 Å². The number of ether oxygens (including phenoxy) is 1. The van der Waals surface area contributed by atoms with Gasteiger partial charge in [0, 0.05) is 0 Å². The van der Waals surface area contributed by atoms with Crippen LogP contribution in [-0.4, -0.2) is 28.4 Å². The van der Waals surface area contributed by atoms with Gasteiger partial charge in [0.2, 0.25) is 5.78 Å². The Bertz CT molecular complexity index is 1360. The maximum atomic E-state index is 13.2. The molecule has 0 saturated heterocycles. The Morgan fingerprint density at radius 2 is 2.12 bits per heavy atom. The smallest absolute Gasteiger partial charge is 0.296 e. The molecular weight excluding hydrogens is 432 g/mol. The van der Waals surface area contributed by atoms with Gasteiger partial charge in [-0.05, 0) is 56.3 Å². The fraction of sp³-hybridized carbons (Fsp3) is 0.174. The van der Waals surface area contributed by atoms with Crippen molar-refractivity contribution in [2.24, 2.45) is 0 Å². The van der Waals surface area contributed by atoms with Crippen LogP contribution < -0.4 is 9.64 Å². The standard InChI is InChI=1S/C23H18N2O6S/c1-3-29-13-7-8-14-17(11-13)32-23(24-14)25-19(15-9-6-12(2)31-15)18(21(27)22(25)28)20(26)16-5-4-10-30-16/h4-11,19,27H,3H2,1-2H3. The summed E-state index contributed by atoms with van der Waals surface area (Å²) in [4.78, 5) is 32.2. The number of Topliss-reactive ketones (excluding diaryl/α,β-unsaturated/α-hetero) is 1. The number of amides is 1. The van der Waals surface area contributed by atoms with Crippen molar-refractivity contribution >= 4 is 38.4 Å². The zero-order valence-corrected chi connectivity index (χ0v) is 18.0. The van der Waals surface area contributed by atoms with Crippen LogP contribution in [-0.2, 0) is 4.79 Å². The van der Waals surface area contributed by atoms with E-state index in [4.69, 9.17) is 13.6 Å². The number of aryl methyl sites for hydroxylation is 1. The lowest BCUT2D eigenvalue weighted by molar-refractivity contribution is -0.117. The third-order valence-electron chi connectivity index (χ3n) is 5.09. The highest BCUT2D eigenvalue weighted by Crippen LogP contribution is 2.44. The zero-order chi connectivity index (χ0) is 22.4. The molecule has 32 heavy (non-hydrogen) atoms. The van der Waals surface area contributed by atoms with Crippen LogP contribution in [0.15, 0.2) is 68.9 Å². The van der Waals surface area contributed by atoms with E-state index >= 15 is 0 Å². The Morgan fingerprint density at radius 3 is 2.81 bits per heavy atom. The molecule has 0 bridgehead atoms. The molecule has 4 heterocycles. The van der Waals surface area contributed by atoms with Gasteiger partial charge in [0.15, 0.2) is 16.7 Å². The van der Waals surface area contributed by atoms with Crippen LogP contribution in [0.2, 0.25) is 0 Å². The van der Waals surface area contributed by atoms with Gasteiger partial charge in [-0.2, -0.15) is 0 Å². The number of aliphatic hydroxyl groups excluding tert-OH is 1. The van der Waals surface area contributed by atoms with Gasteiger partial charge in [-0.3, -0.25) is 14.5 Å². The molecule has 1 amide bonds. The van der Waals surface area contributed by atoms with Crippen molar-refractivity contribution < 1.29 is 28.3 Å². The van der Waals surface area contributed by atoms with E-state index < -0.39 is 23.5 Å². The molecule has 162 valence electrons. The van der Waals surface area contributed by atoms with Crippen molar-refractivity contribution in [3.05, 3.63) is 77.3 Å². The summed E-state index contributed by atoms with van der Waals surface area (Å²) in [5.74, 6) is -0.334. The van der Waals surface area contributed by atoms with Gasteiger partial charge in [-0.15, -0.1) is 0 Å². The van der Waals surface area contributed by atoms with Crippen molar-refractivity contribution in [2.75, 3.05) is 11.5 Å². The monoisotopic (exact) mass is 450 g/mol. The third kappa shape index (κ3) is 3.18. The topological polar surface area (TPSA) is 106 Å². The highest BCUT2D eigenvalue weighted by molar-refractivity contribution is 7.22.